The van der Waals surface area contributed by atoms with Gasteiger partial charge in [0.1, 0.15) is 0 Å². The first-order valence-corrected chi connectivity index (χ1v) is 7.84. The lowest BCUT2D eigenvalue weighted by Crippen LogP contribution is -2.22. The number of hydrogen-bond acceptors (Lipinski definition) is 2. The molecule has 114 valence electrons. The Morgan fingerprint density at radius 3 is 2.73 bits per heavy atom. The normalized spacial score (nSPS) is 12.9. The van der Waals surface area contributed by atoms with E-state index < -0.39 is 0 Å². The topological polar surface area (TPSA) is 21.1 Å². The van der Waals surface area contributed by atoms with Crippen LogP contribution in [0.4, 0.5) is 0 Å². The largest absolute Gasteiger partial charge is 0.334 e. The molecule has 0 aliphatic carbocycles. The fourth-order valence-electron chi connectivity index (χ4n) is 2.69. The maximum Gasteiger partial charge on any atom is 0.0955 e. The van der Waals surface area contributed by atoms with E-state index in [0.717, 1.165) is 29.7 Å². The number of benzene rings is 2. The van der Waals surface area contributed by atoms with Crippen LogP contribution in [-0.2, 0) is 13.6 Å². The van der Waals surface area contributed by atoms with E-state index in [0.29, 0.717) is 0 Å². The molecule has 0 spiro atoms. The molecule has 3 rings (SSSR count). The molecule has 0 bridgehead atoms. The van der Waals surface area contributed by atoms with Gasteiger partial charge < -0.3 is 9.47 Å². The van der Waals surface area contributed by atoms with E-state index in [2.05, 4.69) is 59.4 Å². The zero-order valence-corrected chi connectivity index (χ0v) is 13.7. The Bertz CT molecular complexity index is 751. The van der Waals surface area contributed by atoms with Gasteiger partial charge in [-0.05, 0) is 30.3 Å². The average Bonchev–Trinajstić information content (AvgIpc) is 2.89. The molecular formula is C18H20ClN3. The third-order valence-corrected chi connectivity index (χ3v) is 4.27. The molecule has 3 aromatic rings. The van der Waals surface area contributed by atoms with Crippen molar-refractivity contribution in [2.24, 2.45) is 7.05 Å². The van der Waals surface area contributed by atoms with E-state index in [4.69, 9.17) is 11.6 Å². The van der Waals surface area contributed by atoms with Crippen molar-refractivity contribution >= 4 is 22.6 Å². The van der Waals surface area contributed by atoms with E-state index in [1.165, 1.54) is 5.56 Å². The highest BCUT2D eigenvalue weighted by Crippen LogP contribution is 2.25. The van der Waals surface area contributed by atoms with Crippen LogP contribution >= 0.6 is 11.6 Å². The molecule has 1 heterocycles. The van der Waals surface area contributed by atoms with Crippen LogP contribution in [0.3, 0.4) is 0 Å². The Labute approximate surface area is 136 Å². The summed E-state index contributed by atoms with van der Waals surface area (Å²) < 4.78 is 2.02. The first-order chi connectivity index (χ1) is 10.6. The standard InChI is InChI=1S/C18H20ClN3/c1-21(11-14-6-4-3-5-7-14)12-16(19)15-8-9-18-17(10-15)20-13-22(18)2/h3-10,13,16H,11-12H2,1-2H3. The Morgan fingerprint density at radius 2 is 1.95 bits per heavy atom. The fourth-order valence-corrected chi connectivity index (χ4v) is 3.06. The second-order valence-electron chi connectivity index (χ2n) is 5.75. The summed E-state index contributed by atoms with van der Waals surface area (Å²) in [7, 11) is 4.10. The van der Waals surface area contributed by atoms with Gasteiger partial charge >= 0.3 is 0 Å². The molecule has 1 atom stereocenters. The maximum absolute atomic E-state index is 6.60. The molecule has 0 N–H and O–H groups in total. The maximum atomic E-state index is 6.60. The van der Waals surface area contributed by atoms with Crippen molar-refractivity contribution in [2.75, 3.05) is 13.6 Å². The lowest BCUT2D eigenvalue weighted by molar-refractivity contribution is 0.327. The second-order valence-corrected chi connectivity index (χ2v) is 6.28. The SMILES string of the molecule is CN(Cc1ccccc1)CC(Cl)c1ccc2c(c1)ncn2C. The Balaban J connectivity index is 1.68. The zero-order valence-electron chi connectivity index (χ0n) is 12.9. The Morgan fingerprint density at radius 1 is 1.18 bits per heavy atom. The number of aromatic nitrogens is 2. The predicted octanol–water partition coefficient (Wildman–Crippen LogP) is 3.99. The van der Waals surface area contributed by atoms with Gasteiger partial charge in [-0.2, -0.15) is 0 Å². The lowest BCUT2D eigenvalue weighted by Gasteiger charge is -2.20. The van der Waals surface area contributed by atoms with Gasteiger partial charge in [0.25, 0.3) is 0 Å². The summed E-state index contributed by atoms with van der Waals surface area (Å²) in [6, 6.07) is 16.7. The van der Waals surface area contributed by atoms with Crippen molar-refractivity contribution in [1.82, 2.24) is 14.5 Å². The van der Waals surface area contributed by atoms with Crippen molar-refractivity contribution in [3.8, 4) is 0 Å². The van der Waals surface area contributed by atoms with Gasteiger partial charge in [-0.15, -0.1) is 11.6 Å². The molecule has 4 heteroatoms. The average molecular weight is 314 g/mol. The first-order valence-electron chi connectivity index (χ1n) is 7.41. The van der Waals surface area contributed by atoms with Gasteiger partial charge in [0.15, 0.2) is 0 Å². The van der Waals surface area contributed by atoms with Crippen LogP contribution in [0.15, 0.2) is 54.9 Å². The molecule has 1 aromatic heterocycles. The van der Waals surface area contributed by atoms with Gasteiger partial charge in [0, 0.05) is 20.1 Å². The summed E-state index contributed by atoms with van der Waals surface area (Å²) >= 11 is 6.60. The van der Waals surface area contributed by atoms with Crippen molar-refractivity contribution in [2.45, 2.75) is 11.9 Å². The molecular weight excluding hydrogens is 294 g/mol. The number of rotatable bonds is 5. The van der Waals surface area contributed by atoms with Crippen LogP contribution in [0.2, 0.25) is 0 Å². The van der Waals surface area contributed by atoms with Crippen LogP contribution in [-0.4, -0.2) is 28.0 Å². The summed E-state index contributed by atoms with van der Waals surface area (Å²) in [6.45, 7) is 1.70. The van der Waals surface area contributed by atoms with E-state index in [-0.39, 0.29) is 5.38 Å². The smallest absolute Gasteiger partial charge is 0.0955 e. The molecule has 0 aliphatic rings. The fraction of sp³-hybridized carbons (Fsp3) is 0.278. The number of imidazole rings is 1. The number of halogens is 1. The van der Waals surface area contributed by atoms with Crippen molar-refractivity contribution in [3.05, 3.63) is 66.0 Å². The summed E-state index contributed by atoms with van der Waals surface area (Å²) in [5, 5.41) is -0.0416. The highest BCUT2D eigenvalue weighted by molar-refractivity contribution is 6.21. The third-order valence-electron chi connectivity index (χ3n) is 3.88. The number of fused-ring (bicyclic) bond motifs is 1. The van der Waals surface area contributed by atoms with Crippen LogP contribution in [0.1, 0.15) is 16.5 Å². The van der Waals surface area contributed by atoms with Gasteiger partial charge in [-0.25, -0.2) is 4.98 Å². The number of alkyl halides is 1. The highest BCUT2D eigenvalue weighted by atomic mass is 35.5. The molecule has 0 saturated carbocycles. The minimum atomic E-state index is -0.0416. The number of nitrogens with zero attached hydrogens (tertiary/aromatic N) is 3. The molecule has 22 heavy (non-hydrogen) atoms. The van der Waals surface area contributed by atoms with E-state index in [1.807, 2.05) is 24.0 Å². The molecule has 1 unspecified atom stereocenters. The van der Waals surface area contributed by atoms with Crippen molar-refractivity contribution < 1.29 is 0 Å². The van der Waals surface area contributed by atoms with Gasteiger partial charge in [-0.1, -0.05) is 36.4 Å². The number of likely N-dealkylation sites (N-methyl/N-ethyl adjacent to an activating group) is 1. The molecule has 0 saturated heterocycles. The molecule has 0 amide bonds. The molecule has 0 aliphatic heterocycles. The summed E-state index contributed by atoms with van der Waals surface area (Å²) in [6.07, 6.45) is 1.83. The van der Waals surface area contributed by atoms with E-state index in [9.17, 15) is 0 Å². The lowest BCUT2D eigenvalue weighted by atomic mass is 10.1. The summed E-state index contributed by atoms with van der Waals surface area (Å²) in [5.74, 6) is 0. The number of aryl methyl sites for hydroxylation is 1. The third kappa shape index (κ3) is 3.32. The van der Waals surface area contributed by atoms with Crippen LogP contribution in [0.25, 0.3) is 11.0 Å². The summed E-state index contributed by atoms with van der Waals surface area (Å²) in [4.78, 5) is 6.64. The molecule has 0 fully saturated rings. The highest BCUT2D eigenvalue weighted by Gasteiger charge is 2.13. The monoisotopic (exact) mass is 313 g/mol. The number of hydrogen-bond donors (Lipinski definition) is 0. The quantitative estimate of drug-likeness (QED) is 0.664. The molecule has 3 nitrogen and oxygen atoms in total. The molecule has 2 aromatic carbocycles. The Kier molecular flexibility index (Phi) is 4.46. The minimum absolute atomic E-state index is 0.0416. The van der Waals surface area contributed by atoms with Crippen LogP contribution in [0, 0.1) is 0 Å². The predicted molar refractivity (Wildman–Crippen MR) is 92.1 cm³/mol. The van der Waals surface area contributed by atoms with Crippen molar-refractivity contribution in [3.63, 3.8) is 0 Å². The van der Waals surface area contributed by atoms with E-state index in [1.54, 1.807) is 0 Å². The van der Waals surface area contributed by atoms with Gasteiger partial charge in [0.05, 0.1) is 22.7 Å². The Hall–Kier alpha value is -1.84. The van der Waals surface area contributed by atoms with Gasteiger partial charge in [0.2, 0.25) is 0 Å². The minimum Gasteiger partial charge on any atom is -0.334 e. The summed E-state index contributed by atoms with van der Waals surface area (Å²) in [5.41, 5.74) is 4.54. The second kappa shape index (κ2) is 6.51. The van der Waals surface area contributed by atoms with Crippen LogP contribution in [0.5, 0.6) is 0 Å². The zero-order chi connectivity index (χ0) is 15.5. The van der Waals surface area contributed by atoms with Crippen LogP contribution < -0.4 is 0 Å². The molecule has 0 radical (unpaired) electrons. The van der Waals surface area contributed by atoms with Gasteiger partial charge in [-0.3, -0.25) is 0 Å². The first kappa shape index (κ1) is 15.1. The van der Waals surface area contributed by atoms with Crippen molar-refractivity contribution in [1.29, 1.82) is 0 Å². The van der Waals surface area contributed by atoms with E-state index >= 15 is 0 Å².